The van der Waals surface area contributed by atoms with Crippen LogP contribution in [0, 0.1) is 0 Å². The third kappa shape index (κ3) is 38.0. The van der Waals surface area contributed by atoms with Crippen LogP contribution in [-0.4, -0.2) is 65.7 Å². The number of aliphatic hydroxyl groups is 2. The van der Waals surface area contributed by atoms with Gasteiger partial charge in [0.25, 0.3) is 0 Å². The molecule has 0 aliphatic rings. The lowest BCUT2D eigenvalue weighted by Gasteiger charge is -2.20. The number of aliphatic hydroxyl groups excluding tert-OH is 2. The van der Waals surface area contributed by atoms with Crippen molar-refractivity contribution in [2.75, 3.05) is 26.4 Å². The molecule has 0 aromatic rings. The highest BCUT2D eigenvalue weighted by Crippen LogP contribution is 2.43. The van der Waals surface area contributed by atoms with E-state index in [-0.39, 0.29) is 19.4 Å². The number of phosphoric ester groups is 1. The summed E-state index contributed by atoms with van der Waals surface area (Å²) in [6, 6.07) is 0. The third-order valence-electron chi connectivity index (χ3n) is 8.39. The molecule has 54 heavy (non-hydrogen) atoms. The van der Waals surface area contributed by atoms with Gasteiger partial charge in [-0.15, -0.1) is 0 Å². The maximum absolute atomic E-state index is 12.6. The molecule has 0 aliphatic heterocycles. The van der Waals surface area contributed by atoms with E-state index >= 15 is 0 Å². The average molecular weight is 783 g/mol. The second-order valence-electron chi connectivity index (χ2n) is 13.7. The summed E-state index contributed by atoms with van der Waals surface area (Å²) in [6.45, 7) is 2.25. The standard InChI is InChI=1S/C43H75O10P/c1-3-5-7-9-11-13-15-17-19-20-21-23-24-26-28-30-32-34-42(46)50-38-41(39-52-54(48,49)51-37-40(45)36-44)53-43(47)35-33-31-29-27-25-22-18-16-14-12-10-8-6-4-2/h10-13,16-19,21,23,40-41,44-45H,3-9,14-15,20,22,24-39H2,1-2H3,(H,48,49)/b12-10-,13-11-,18-16-,19-17-,23-21-/t40-,41+/m0/s1. The van der Waals surface area contributed by atoms with Crippen LogP contribution in [0.25, 0.3) is 0 Å². The number of hydrogen-bond acceptors (Lipinski definition) is 9. The molecule has 0 spiro atoms. The van der Waals surface area contributed by atoms with E-state index in [1.807, 2.05) is 0 Å². The molecule has 0 heterocycles. The summed E-state index contributed by atoms with van der Waals surface area (Å²) in [5.41, 5.74) is 0. The maximum Gasteiger partial charge on any atom is 0.472 e. The van der Waals surface area contributed by atoms with Gasteiger partial charge in [0.1, 0.15) is 12.7 Å². The summed E-state index contributed by atoms with van der Waals surface area (Å²) in [4.78, 5) is 34.9. The van der Waals surface area contributed by atoms with Crippen molar-refractivity contribution in [2.45, 2.75) is 174 Å². The third-order valence-corrected chi connectivity index (χ3v) is 9.35. The first-order chi connectivity index (χ1) is 26.2. The lowest BCUT2D eigenvalue weighted by atomic mass is 10.1. The predicted octanol–water partition coefficient (Wildman–Crippen LogP) is 10.7. The Hall–Kier alpha value is -2.33. The zero-order valence-corrected chi connectivity index (χ0v) is 34.6. The first-order valence-electron chi connectivity index (χ1n) is 20.7. The van der Waals surface area contributed by atoms with E-state index in [2.05, 4.69) is 79.1 Å². The smallest absolute Gasteiger partial charge is 0.462 e. The Labute approximate surface area is 327 Å². The van der Waals surface area contributed by atoms with Crippen LogP contribution < -0.4 is 0 Å². The molecule has 10 nitrogen and oxygen atoms in total. The largest absolute Gasteiger partial charge is 0.472 e. The molecule has 0 fully saturated rings. The molecule has 0 amide bonds. The molecule has 11 heteroatoms. The van der Waals surface area contributed by atoms with Crippen molar-refractivity contribution in [3.05, 3.63) is 60.8 Å². The zero-order valence-electron chi connectivity index (χ0n) is 33.7. The molecule has 0 aromatic carbocycles. The highest BCUT2D eigenvalue weighted by atomic mass is 31.2. The van der Waals surface area contributed by atoms with Crippen LogP contribution in [0.2, 0.25) is 0 Å². The van der Waals surface area contributed by atoms with Crippen LogP contribution in [0.4, 0.5) is 0 Å². The first-order valence-corrected chi connectivity index (χ1v) is 22.2. The van der Waals surface area contributed by atoms with E-state index in [0.717, 1.165) is 83.5 Å². The van der Waals surface area contributed by atoms with Gasteiger partial charge in [-0.3, -0.25) is 18.6 Å². The van der Waals surface area contributed by atoms with Gasteiger partial charge in [-0.2, -0.15) is 0 Å². The number of ether oxygens (including phenoxy) is 2. The summed E-state index contributed by atoms with van der Waals surface area (Å²) in [7, 11) is -4.63. The maximum atomic E-state index is 12.6. The Morgan fingerprint density at radius 3 is 1.50 bits per heavy atom. The topological polar surface area (TPSA) is 149 Å². The van der Waals surface area contributed by atoms with E-state index < -0.39 is 51.8 Å². The Bertz CT molecular complexity index is 1080. The van der Waals surface area contributed by atoms with E-state index in [1.54, 1.807) is 0 Å². The first kappa shape index (κ1) is 51.7. The second kappa shape index (κ2) is 38.9. The molecule has 3 atom stereocenters. The molecule has 312 valence electrons. The van der Waals surface area contributed by atoms with Crippen molar-refractivity contribution in [3.63, 3.8) is 0 Å². The molecule has 0 rings (SSSR count). The highest BCUT2D eigenvalue weighted by molar-refractivity contribution is 7.47. The SMILES string of the molecule is CCCC/C=C\C/C=C\CCCCCCCC(=O)O[C@H](COC(=O)CCCCCC/C=C\C/C=C\C/C=C\CCCCC)COP(=O)(O)OC[C@@H](O)CO. The number of carbonyl (C=O) groups is 2. The van der Waals surface area contributed by atoms with Crippen molar-refractivity contribution in [1.29, 1.82) is 0 Å². The van der Waals surface area contributed by atoms with Crippen molar-refractivity contribution < 1.29 is 47.8 Å². The van der Waals surface area contributed by atoms with Crippen LogP contribution in [-0.2, 0) is 32.7 Å². The molecule has 1 unspecified atom stereocenters. The number of unbranched alkanes of at least 4 members (excludes halogenated alkanes) is 14. The molecule has 0 saturated carbocycles. The molecule has 0 aromatic heterocycles. The molecule has 0 radical (unpaired) electrons. The summed E-state index contributed by atoms with van der Waals surface area (Å²) in [5.74, 6) is -0.972. The number of phosphoric acid groups is 1. The van der Waals surface area contributed by atoms with Crippen molar-refractivity contribution in [3.8, 4) is 0 Å². The molecular weight excluding hydrogens is 707 g/mol. The number of hydrogen-bond donors (Lipinski definition) is 3. The van der Waals surface area contributed by atoms with Crippen LogP contribution >= 0.6 is 7.82 Å². The van der Waals surface area contributed by atoms with Gasteiger partial charge in [-0.05, 0) is 77.0 Å². The van der Waals surface area contributed by atoms with Crippen LogP contribution in [0.1, 0.15) is 162 Å². The fourth-order valence-corrected chi connectivity index (χ4v) is 5.92. The van der Waals surface area contributed by atoms with Crippen LogP contribution in [0.5, 0.6) is 0 Å². The minimum absolute atomic E-state index is 0.160. The Kier molecular flexibility index (Phi) is 37.2. The molecule has 0 aliphatic carbocycles. The normalized spacial score (nSPS) is 14.5. The second-order valence-corrected chi connectivity index (χ2v) is 15.1. The van der Waals surface area contributed by atoms with Crippen LogP contribution in [0.3, 0.4) is 0 Å². The van der Waals surface area contributed by atoms with Crippen molar-refractivity contribution >= 4 is 19.8 Å². The molecule has 0 bridgehead atoms. The fraction of sp³-hybridized carbons (Fsp3) is 0.721. The minimum atomic E-state index is -4.63. The van der Waals surface area contributed by atoms with Gasteiger partial charge >= 0.3 is 19.8 Å². The van der Waals surface area contributed by atoms with Gasteiger partial charge in [0, 0.05) is 12.8 Å². The summed E-state index contributed by atoms with van der Waals surface area (Å²) in [6.07, 6.45) is 41.8. The lowest BCUT2D eigenvalue weighted by Crippen LogP contribution is -2.29. The zero-order chi connectivity index (χ0) is 39.8. The van der Waals surface area contributed by atoms with Gasteiger partial charge in [-0.1, -0.05) is 132 Å². The monoisotopic (exact) mass is 783 g/mol. The summed E-state index contributed by atoms with van der Waals surface area (Å²) < 4.78 is 32.6. The fourth-order valence-electron chi connectivity index (χ4n) is 5.13. The van der Waals surface area contributed by atoms with Gasteiger partial charge in [0.05, 0.1) is 19.8 Å². The lowest BCUT2D eigenvalue weighted by molar-refractivity contribution is -0.161. The van der Waals surface area contributed by atoms with Gasteiger partial charge < -0.3 is 24.6 Å². The molecule has 3 N–H and O–H groups in total. The van der Waals surface area contributed by atoms with Gasteiger partial charge in [0.2, 0.25) is 0 Å². The quantitative estimate of drug-likeness (QED) is 0.0239. The van der Waals surface area contributed by atoms with Crippen molar-refractivity contribution in [2.24, 2.45) is 0 Å². The minimum Gasteiger partial charge on any atom is -0.462 e. The van der Waals surface area contributed by atoms with Gasteiger partial charge in [-0.25, -0.2) is 4.57 Å². The summed E-state index contributed by atoms with van der Waals surface area (Å²) in [5, 5.41) is 18.3. The van der Waals surface area contributed by atoms with Gasteiger partial charge in [0.15, 0.2) is 6.10 Å². The Balaban J connectivity index is 4.40. The Morgan fingerprint density at radius 2 is 0.981 bits per heavy atom. The van der Waals surface area contributed by atoms with E-state index in [4.69, 9.17) is 19.1 Å². The summed E-state index contributed by atoms with van der Waals surface area (Å²) >= 11 is 0. The molecular formula is C43H75O10P. The van der Waals surface area contributed by atoms with E-state index in [1.165, 1.54) is 38.5 Å². The number of carbonyl (C=O) groups excluding carboxylic acids is 2. The number of allylic oxidation sites excluding steroid dienone is 10. The predicted molar refractivity (Wildman–Crippen MR) is 219 cm³/mol. The van der Waals surface area contributed by atoms with Crippen molar-refractivity contribution in [1.82, 2.24) is 0 Å². The number of esters is 2. The van der Waals surface area contributed by atoms with E-state index in [9.17, 15) is 24.2 Å². The van der Waals surface area contributed by atoms with E-state index in [0.29, 0.717) is 12.8 Å². The molecule has 0 saturated heterocycles. The highest BCUT2D eigenvalue weighted by Gasteiger charge is 2.27. The van der Waals surface area contributed by atoms with Crippen LogP contribution in [0.15, 0.2) is 60.8 Å². The number of rotatable bonds is 38. The average Bonchev–Trinajstić information content (AvgIpc) is 3.16. The Morgan fingerprint density at radius 1 is 0.556 bits per heavy atom.